The third-order valence-corrected chi connectivity index (χ3v) is 7.39. The van der Waals surface area contributed by atoms with E-state index in [0.29, 0.717) is 0 Å². The summed E-state index contributed by atoms with van der Waals surface area (Å²) in [6.07, 6.45) is 1.99. The van der Waals surface area contributed by atoms with E-state index in [9.17, 15) is 0 Å². The molecular formula is C7H11I3O3. The number of alkyl halides is 1. The minimum absolute atomic E-state index is 0.179. The summed E-state index contributed by atoms with van der Waals surface area (Å²) in [5, 5.41) is 26.7. The monoisotopic (exact) mass is 524 g/mol. The molecule has 13 heavy (non-hydrogen) atoms. The molecule has 0 rings (SSSR count). The van der Waals surface area contributed by atoms with E-state index >= 15 is 0 Å². The fourth-order valence-corrected chi connectivity index (χ4v) is 3.26. The van der Waals surface area contributed by atoms with Crippen LogP contribution in [0.1, 0.15) is 19.8 Å². The molecule has 0 fully saturated rings. The van der Waals surface area contributed by atoms with Crippen molar-refractivity contribution in [2.45, 2.75) is 29.7 Å². The van der Waals surface area contributed by atoms with Crippen molar-refractivity contribution in [1.29, 1.82) is 0 Å². The zero-order valence-corrected chi connectivity index (χ0v) is 13.4. The first-order chi connectivity index (χ1) is 5.80. The Morgan fingerprint density at radius 2 is 1.77 bits per heavy atom. The molecule has 0 saturated heterocycles. The Morgan fingerprint density at radius 1 is 1.31 bits per heavy atom. The lowest BCUT2D eigenvalue weighted by Crippen LogP contribution is -2.28. The van der Waals surface area contributed by atoms with E-state index in [1.807, 2.05) is 22.6 Å². The van der Waals surface area contributed by atoms with Crippen LogP contribution in [0.3, 0.4) is 0 Å². The second kappa shape index (κ2) is 6.40. The number of hydrogen-bond donors (Lipinski definition) is 3. The van der Waals surface area contributed by atoms with E-state index in [1.54, 1.807) is 22.6 Å². The summed E-state index contributed by atoms with van der Waals surface area (Å²) in [6.45, 7) is 2.06. The smallest absolute Gasteiger partial charge is 0.311 e. The van der Waals surface area contributed by atoms with E-state index in [4.69, 9.17) is 15.3 Å². The van der Waals surface area contributed by atoms with Crippen LogP contribution in [0.2, 0.25) is 0 Å². The van der Waals surface area contributed by atoms with Gasteiger partial charge < -0.3 is 15.3 Å². The van der Waals surface area contributed by atoms with E-state index in [0.717, 1.165) is 16.4 Å². The lowest BCUT2D eigenvalue weighted by Gasteiger charge is -2.17. The van der Waals surface area contributed by atoms with Gasteiger partial charge in [-0.15, -0.1) is 0 Å². The van der Waals surface area contributed by atoms with Gasteiger partial charge in [-0.1, -0.05) is 35.9 Å². The molecule has 0 spiro atoms. The van der Waals surface area contributed by atoms with E-state index < -0.39 is 5.97 Å². The molecule has 1 atom stereocenters. The van der Waals surface area contributed by atoms with Crippen molar-refractivity contribution in [3.8, 4) is 0 Å². The zero-order chi connectivity index (χ0) is 10.6. The summed E-state index contributed by atoms with van der Waals surface area (Å²) in [6, 6.07) is 0. The highest BCUT2D eigenvalue weighted by Gasteiger charge is 2.27. The van der Waals surface area contributed by atoms with Gasteiger partial charge in [-0.3, -0.25) is 0 Å². The first-order valence-corrected chi connectivity index (χ1v) is 7.07. The Morgan fingerprint density at radius 3 is 2.08 bits per heavy atom. The molecule has 78 valence electrons. The molecule has 0 aromatic heterocycles. The number of rotatable bonds is 4. The summed E-state index contributed by atoms with van der Waals surface area (Å²) >= 11 is 5.99. The Labute approximate surface area is 118 Å². The number of aliphatic hydroxyl groups is 3. The van der Waals surface area contributed by atoms with Crippen molar-refractivity contribution < 1.29 is 15.3 Å². The summed E-state index contributed by atoms with van der Waals surface area (Å²) in [5.74, 6) is -2.69. The molecule has 0 aliphatic rings. The number of allylic oxidation sites excluding steroid dienone is 1. The minimum Gasteiger partial charge on any atom is -0.339 e. The second-order valence-corrected chi connectivity index (χ2v) is 6.30. The first kappa shape index (κ1) is 14.8. The van der Waals surface area contributed by atoms with Crippen LogP contribution in [0.4, 0.5) is 0 Å². The SMILES string of the molecule is CCCC(I)/C(I)=C(\I)C(O)(O)O. The van der Waals surface area contributed by atoms with Crippen LogP contribution in [-0.2, 0) is 0 Å². The van der Waals surface area contributed by atoms with Crippen LogP contribution in [-0.4, -0.2) is 25.2 Å². The van der Waals surface area contributed by atoms with Gasteiger partial charge >= 0.3 is 5.97 Å². The average Bonchev–Trinajstić information content (AvgIpc) is 2.00. The summed E-state index contributed by atoms with van der Waals surface area (Å²) < 4.78 is 1.19. The molecule has 6 heteroatoms. The van der Waals surface area contributed by atoms with Crippen LogP contribution >= 0.6 is 67.8 Å². The van der Waals surface area contributed by atoms with Gasteiger partial charge in [0, 0.05) is 7.50 Å². The molecule has 0 aromatic rings. The third-order valence-electron chi connectivity index (χ3n) is 1.32. The first-order valence-electron chi connectivity index (χ1n) is 3.67. The van der Waals surface area contributed by atoms with Gasteiger partial charge in [0.05, 0.1) is 3.58 Å². The Kier molecular flexibility index (Phi) is 7.30. The van der Waals surface area contributed by atoms with Gasteiger partial charge in [-0.25, -0.2) is 0 Å². The normalized spacial score (nSPS) is 16.8. The van der Waals surface area contributed by atoms with Crippen molar-refractivity contribution >= 4 is 67.8 Å². The van der Waals surface area contributed by atoms with Gasteiger partial charge in [0.15, 0.2) is 0 Å². The van der Waals surface area contributed by atoms with E-state index in [-0.39, 0.29) is 7.50 Å². The zero-order valence-electron chi connectivity index (χ0n) is 6.97. The molecule has 0 amide bonds. The van der Waals surface area contributed by atoms with Crippen LogP contribution in [0.15, 0.2) is 7.16 Å². The van der Waals surface area contributed by atoms with Crippen molar-refractivity contribution in [2.75, 3.05) is 0 Å². The largest absolute Gasteiger partial charge is 0.339 e. The Balaban J connectivity index is 4.61. The molecule has 0 aromatic carbocycles. The Bertz CT molecular complexity index is 198. The third kappa shape index (κ3) is 5.44. The van der Waals surface area contributed by atoms with Crippen LogP contribution in [0.25, 0.3) is 0 Å². The molecule has 0 aliphatic heterocycles. The minimum atomic E-state index is -2.69. The maximum absolute atomic E-state index is 8.91. The van der Waals surface area contributed by atoms with Gasteiger partial charge in [-0.05, 0) is 51.6 Å². The molecule has 0 aliphatic carbocycles. The van der Waals surface area contributed by atoms with Crippen molar-refractivity contribution in [3.05, 3.63) is 7.16 Å². The second-order valence-electron chi connectivity index (χ2n) is 2.55. The van der Waals surface area contributed by atoms with Crippen LogP contribution < -0.4 is 0 Å². The molecule has 0 bridgehead atoms. The van der Waals surface area contributed by atoms with Crippen molar-refractivity contribution in [3.63, 3.8) is 0 Å². The fraction of sp³-hybridized carbons (Fsp3) is 0.714. The fourth-order valence-electron chi connectivity index (χ4n) is 0.678. The lowest BCUT2D eigenvalue weighted by molar-refractivity contribution is -0.275. The Hall–Kier alpha value is 1.81. The van der Waals surface area contributed by atoms with Gasteiger partial charge in [-0.2, -0.15) is 0 Å². The number of hydrogen-bond acceptors (Lipinski definition) is 3. The van der Waals surface area contributed by atoms with Crippen molar-refractivity contribution in [1.82, 2.24) is 0 Å². The molecule has 3 N–H and O–H groups in total. The topological polar surface area (TPSA) is 60.7 Å². The summed E-state index contributed by atoms with van der Waals surface area (Å²) in [4.78, 5) is 0. The van der Waals surface area contributed by atoms with E-state index in [2.05, 4.69) is 29.5 Å². The molecule has 1 unspecified atom stereocenters. The van der Waals surface area contributed by atoms with Crippen molar-refractivity contribution in [2.24, 2.45) is 0 Å². The maximum Gasteiger partial charge on any atom is 0.311 e. The maximum atomic E-state index is 8.91. The quantitative estimate of drug-likeness (QED) is 0.301. The van der Waals surface area contributed by atoms with Crippen LogP contribution in [0.5, 0.6) is 0 Å². The highest BCUT2D eigenvalue weighted by Crippen LogP contribution is 2.34. The predicted octanol–water partition coefficient (Wildman–Crippen LogP) is 2.30. The number of halogens is 3. The predicted molar refractivity (Wildman–Crippen MR) is 77.2 cm³/mol. The summed E-state index contributed by atoms with van der Waals surface area (Å²) in [7, 11) is 0. The standard InChI is InChI=1S/C7H11I3O3/c1-2-3-4(8)5(9)6(10)7(11,12)13/h4,11-13H,2-3H2,1H3/b6-5+. The molecule has 0 radical (unpaired) electrons. The van der Waals surface area contributed by atoms with E-state index in [1.165, 1.54) is 0 Å². The average molecular weight is 524 g/mol. The lowest BCUT2D eigenvalue weighted by atomic mass is 10.2. The van der Waals surface area contributed by atoms with Gasteiger partial charge in [0.2, 0.25) is 0 Å². The summed E-state index contributed by atoms with van der Waals surface area (Å²) in [5.41, 5.74) is 0. The highest BCUT2D eigenvalue weighted by molar-refractivity contribution is 14.1. The molecule has 0 heterocycles. The van der Waals surface area contributed by atoms with Gasteiger partial charge in [0.1, 0.15) is 0 Å². The molecule has 0 saturated carbocycles. The molecule has 3 nitrogen and oxygen atoms in total. The molecular weight excluding hydrogens is 513 g/mol. The highest BCUT2D eigenvalue weighted by atomic mass is 127. The van der Waals surface area contributed by atoms with Gasteiger partial charge in [0.25, 0.3) is 0 Å². The van der Waals surface area contributed by atoms with Crippen LogP contribution in [0, 0.1) is 0 Å².